The second-order valence-corrected chi connectivity index (χ2v) is 4.10. The van der Waals surface area contributed by atoms with Crippen LogP contribution in [0.3, 0.4) is 0 Å². The molecule has 17 heavy (non-hydrogen) atoms. The first-order valence-electron chi connectivity index (χ1n) is 5.84. The summed E-state index contributed by atoms with van der Waals surface area (Å²) >= 11 is 0. The van der Waals surface area contributed by atoms with Crippen LogP contribution < -0.4 is 11.1 Å². The number of nitrogens with zero attached hydrogens (tertiary/aromatic N) is 1. The average Bonchev–Trinajstić information content (AvgIpc) is 2.89. The summed E-state index contributed by atoms with van der Waals surface area (Å²) in [5, 5.41) is 2.82. The fourth-order valence-electron chi connectivity index (χ4n) is 1.78. The normalized spacial score (nSPS) is 19.2. The molecule has 1 amide bonds. The minimum atomic E-state index is -0.163. The van der Waals surface area contributed by atoms with E-state index in [-0.39, 0.29) is 12.0 Å². The summed E-state index contributed by atoms with van der Waals surface area (Å²) in [5.41, 5.74) is 6.79. The van der Waals surface area contributed by atoms with Crippen molar-refractivity contribution in [3.63, 3.8) is 0 Å². The zero-order chi connectivity index (χ0) is 12.1. The largest absolute Gasteiger partial charge is 0.376 e. The van der Waals surface area contributed by atoms with Gasteiger partial charge in [0.05, 0.1) is 6.10 Å². The van der Waals surface area contributed by atoms with Crippen molar-refractivity contribution in [1.82, 2.24) is 10.3 Å². The van der Waals surface area contributed by atoms with Crippen LogP contribution in [0.2, 0.25) is 0 Å². The summed E-state index contributed by atoms with van der Waals surface area (Å²) in [7, 11) is 0. The van der Waals surface area contributed by atoms with E-state index in [4.69, 9.17) is 10.5 Å². The predicted molar refractivity (Wildman–Crippen MR) is 63.4 cm³/mol. The fourth-order valence-corrected chi connectivity index (χ4v) is 1.78. The number of aromatic nitrogens is 1. The van der Waals surface area contributed by atoms with Crippen LogP contribution >= 0.6 is 0 Å². The number of amides is 1. The second-order valence-electron chi connectivity index (χ2n) is 4.10. The van der Waals surface area contributed by atoms with Crippen LogP contribution in [0.15, 0.2) is 18.3 Å². The van der Waals surface area contributed by atoms with Crippen molar-refractivity contribution < 1.29 is 9.53 Å². The van der Waals surface area contributed by atoms with E-state index in [9.17, 15) is 4.79 Å². The van der Waals surface area contributed by atoms with Gasteiger partial charge in [0.15, 0.2) is 0 Å². The molecule has 2 heterocycles. The molecule has 5 heteroatoms. The molecular formula is C12H17N3O2. The van der Waals surface area contributed by atoms with E-state index in [2.05, 4.69) is 10.3 Å². The molecule has 3 N–H and O–H groups in total. The number of rotatable bonds is 4. The van der Waals surface area contributed by atoms with E-state index in [1.165, 1.54) is 0 Å². The van der Waals surface area contributed by atoms with Crippen molar-refractivity contribution >= 4 is 5.91 Å². The standard InChI is InChI=1S/C12H17N3O2/c13-6-9-3-4-11(14-7-9)12(16)15-8-10-2-1-5-17-10/h3-4,7,10H,1-2,5-6,8,13H2,(H,15,16). The smallest absolute Gasteiger partial charge is 0.269 e. The molecule has 0 aromatic carbocycles. The predicted octanol–water partition coefficient (Wildman–Crippen LogP) is 0.449. The van der Waals surface area contributed by atoms with Crippen LogP contribution in [0, 0.1) is 0 Å². The van der Waals surface area contributed by atoms with Gasteiger partial charge >= 0.3 is 0 Å². The Labute approximate surface area is 100 Å². The minimum absolute atomic E-state index is 0.155. The van der Waals surface area contributed by atoms with Crippen LogP contribution in [-0.2, 0) is 11.3 Å². The number of carbonyl (C=O) groups is 1. The molecule has 1 aliphatic heterocycles. The highest BCUT2D eigenvalue weighted by Gasteiger charge is 2.16. The first kappa shape index (κ1) is 12.0. The topological polar surface area (TPSA) is 77.2 Å². The lowest BCUT2D eigenvalue weighted by Gasteiger charge is -2.10. The molecule has 0 bridgehead atoms. The molecule has 1 fully saturated rings. The summed E-state index contributed by atoms with van der Waals surface area (Å²) in [6, 6.07) is 3.50. The van der Waals surface area contributed by atoms with E-state index in [1.807, 2.05) is 6.07 Å². The monoisotopic (exact) mass is 235 g/mol. The Balaban J connectivity index is 1.85. The Hall–Kier alpha value is -1.46. The van der Waals surface area contributed by atoms with Gasteiger partial charge in [0.1, 0.15) is 5.69 Å². The zero-order valence-corrected chi connectivity index (χ0v) is 9.69. The van der Waals surface area contributed by atoms with Gasteiger partial charge in [-0.2, -0.15) is 0 Å². The van der Waals surface area contributed by atoms with Crippen molar-refractivity contribution in [2.24, 2.45) is 5.73 Å². The van der Waals surface area contributed by atoms with Crippen molar-refractivity contribution in [3.05, 3.63) is 29.6 Å². The fraction of sp³-hybridized carbons (Fsp3) is 0.500. The molecule has 2 rings (SSSR count). The molecular weight excluding hydrogens is 218 g/mol. The molecule has 1 aromatic heterocycles. The minimum Gasteiger partial charge on any atom is -0.376 e. The van der Waals surface area contributed by atoms with Gasteiger partial charge < -0.3 is 15.8 Å². The number of nitrogens with two attached hydrogens (primary N) is 1. The first-order valence-corrected chi connectivity index (χ1v) is 5.84. The molecule has 5 nitrogen and oxygen atoms in total. The van der Waals surface area contributed by atoms with Crippen LogP contribution in [0.5, 0.6) is 0 Å². The van der Waals surface area contributed by atoms with Gasteiger partial charge in [0, 0.05) is 25.9 Å². The van der Waals surface area contributed by atoms with E-state index >= 15 is 0 Å². The van der Waals surface area contributed by atoms with Gasteiger partial charge in [-0.1, -0.05) is 6.07 Å². The van der Waals surface area contributed by atoms with E-state index in [1.54, 1.807) is 12.3 Å². The van der Waals surface area contributed by atoms with Gasteiger partial charge in [-0.05, 0) is 24.5 Å². The van der Waals surface area contributed by atoms with Crippen LogP contribution in [-0.4, -0.2) is 30.1 Å². The Morgan fingerprint density at radius 1 is 1.59 bits per heavy atom. The molecule has 1 aliphatic rings. The third kappa shape index (κ3) is 3.25. The first-order chi connectivity index (χ1) is 8.29. The van der Waals surface area contributed by atoms with Gasteiger partial charge in [-0.15, -0.1) is 0 Å². The van der Waals surface area contributed by atoms with Crippen LogP contribution in [0.25, 0.3) is 0 Å². The molecule has 1 atom stereocenters. The highest BCUT2D eigenvalue weighted by molar-refractivity contribution is 5.92. The van der Waals surface area contributed by atoms with Gasteiger partial charge in [-0.3, -0.25) is 9.78 Å². The zero-order valence-electron chi connectivity index (χ0n) is 9.69. The number of carbonyl (C=O) groups excluding carboxylic acids is 1. The highest BCUT2D eigenvalue weighted by Crippen LogP contribution is 2.10. The Morgan fingerprint density at radius 3 is 3.06 bits per heavy atom. The number of hydrogen-bond donors (Lipinski definition) is 2. The number of pyridine rings is 1. The van der Waals surface area contributed by atoms with Crippen molar-refractivity contribution in [2.45, 2.75) is 25.5 Å². The lowest BCUT2D eigenvalue weighted by atomic mass is 10.2. The number of hydrogen-bond acceptors (Lipinski definition) is 4. The number of ether oxygens (including phenoxy) is 1. The molecule has 0 spiro atoms. The van der Waals surface area contributed by atoms with Crippen LogP contribution in [0.1, 0.15) is 28.9 Å². The van der Waals surface area contributed by atoms with Crippen molar-refractivity contribution in [3.8, 4) is 0 Å². The van der Waals surface area contributed by atoms with Gasteiger partial charge in [0.2, 0.25) is 0 Å². The molecule has 1 saturated heterocycles. The summed E-state index contributed by atoms with van der Waals surface area (Å²) in [6.07, 6.45) is 3.87. The third-order valence-corrected chi connectivity index (χ3v) is 2.81. The number of nitrogens with one attached hydrogen (secondary N) is 1. The van der Waals surface area contributed by atoms with Crippen molar-refractivity contribution in [2.75, 3.05) is 13.2 Å². The Morgan fingerprint density at radius 2 is 2.47 bits per heavy atom. The molecule has 1 aromatic rings. The summed E-state index contributed by atoms with van der Waals surface area (Å²) in [4.78, 5) is 15.8. The quantitative estimate of drug-likeness (QED) is 0.794. The highest BCUT2D eigenvalue weighted by atomic mass is 16.5. The van der Waals surface area contributed by atoms with E-state index in [0.29, 0.717) is 18.8 Å². The summed E-state index contributed by atoms with van der Waals surface area (Å²) in [5.74, 6) is -0.163. The van der Waals surface area contributed by atoms with Crippen molar-refractivity contribution in [1.29, 1.82) is 0 Å². The molecule has 1 unspecified atom stereocenters. The third-order valence-electron chi connectivity index (χ3n) is 2.81. The summed E-state index contributed by atoms with van der Waals surface area (Å²) in [6.45, 7) is 1.79. The van der Waals surface area contributed by atoms with E-state index < -0.39 is 0 Å². The van der Waals surface area contributed by atoms with Crippen LogP contribution in [0.4, 0.5) is 0 Å². The molecule has 0 aliphatic carbocycles. The lowest BCUT2D eigenvalue weighted by molar-refractivity contribution is 0.0853. The molecule has 92 valence electrons. The average molecular weight is 235 g/mol. The molecule has 0 saturated carbocycles. The van der Waals surface area contributed by atoms with E-state index in [0.717, 1.165) is 25.0 Å². The maximum atomic E-state index is 11.7. The summed E-state index contributed by atoms with van der Waals surface area (Å²) < 4.78 is 5.42. The SMILES string of the molecule is NCc1ccc(C(=O)NCC2CCCO2)nc1. The Bertz CT molecular complexity index is 372. The second kappa shape index (κ2) is 5.75. The lowest BCUT2D eigenvalue weighted by Crippen LogP contribution is -2.32. The van der Waals surface area contributed by atoms with Gasteiger partial charge in [0.25, 0.3) is 5.91 Å². The van der Waals surface area contributed by atoms with Gasteiger partial charge in [-0.25, -0.2) is 0 Å². The maximum absolute atomic E-state index is 11.7. The molecule has 0 radical (unpaired) electrons. The maximum Gasteiger partial charge on any atom is 0.269 e. The Kier molecular flexibility index (Phi) is 4.06.